The maximum Gasteiger partial charge on any atom is 0.497 e. The molecular weight excluding hydrogens is 315 g/mol. The van der Waals surface area contributed by atoms with E-state index in [1.807, 2.05) is 10.9 Å². The maximum atomic E-state index is 6.35. The highest BCUT2D eigenvalue weighted by Crippen LogP contribution is 2.37. The van der Waals surface area contributed by atoms with Gasteiger partial charge in [-0.1, -0.05) is 12.1 Å². The molecule has 2 aromatic rings. The number of rotatable bonds is 2. The fraction of sp³-hybridized carbons (Fsp3) is 0.632. The molecule has 0 radical (unpaired) electrons. The summed E-state index contributed by atoms with van der Waals surface area (Å²) in [5, 5.41) is 5.75. The normalized spacial score (nSPS) is 25.6. The van der Waals surface area contributed by atoms with Gasteiger partial charge in [0.05, 0.1) is 22.9 Å². The van der Waals surface area contributed by atoms with E-state index in [0.717, 1.165) is 41.4 Å². The van der Waals surface area contributed by atoms with Crippen LogP contribution in [0.5, 0.6) is 0 Å². The van der Waals surface area contributed by atoms with Crippen molar-refractivity contribution in [3.63, 3.8) is 0 Å². The molecule has 1 atom stereocenters. The summed E-state index contributed by atoms with van der Waals surface area (Å²) in [5.74, 6) is 0. The van der Waals surface area contributed by atoms with E-state index < -0.39 is 7.12 Å². The summed E-state index contributed by atoms with van der Waals surface area (Å²) in [7, 11) is -0.396. The zero-order chi connectivity index (χ0) is 17.8. The van der Waals surface area contributed by atoms with Crippen LogP contribution in [0, 0.1) is 6.92 Å². The second kappa shape index (κ2) is 5.83. The molecule has 0 spiro atoms. The molecule has 5 nitrogen and oxygen atoms in total. The first kappa shape index (κ1) is 17.1. The minimum absolute atomic E-state index is 0.00535. The number of aromatic nitrogens is 2. The van der Waals surface area contributed by atoms with Gasteiger partial charge in [-0.2, -0.15) is 5.10 Å². The van der Waals surface area contributed by atoms with Gasteiger partial charge in [-0.15, -0.1) is 0 Å². The van der Waals surface area contributed by atoms with Crippen LogP contribution < -0.4 is 5.46 Å². The van der Waals surface area contributed by atoms with Crippen molar-refractivity contribution in [2.24, 2.45) is 0 Å². The fourth-order valence-electron chi connectivity index (χ4n) is 3.66. The first-order valence-electron chi connectivity index (χ1n) is 9.24. The van der Waals surface area contributed by atoms with Gasteiger partial charge in [0.1, 0.15) is 0 Å². The highest BCUT2D eigenvalue weighted by molar-refractivity contribution is 6.65. The standard InChI is InChI=1S/C19H27BN2O3/c1-13-9-10-14-12-21-22(15-8-6-7-11-23-15)17(14)16(13)20-24-18(2,3)19(4,5)25-20/h9-10,12,15H,6-8,11H2,1-5H3. The monoisotopic (exact) mass is 342 g/mol. The van der Waals surface area contributed by atoms with E-state index >= 15 is 0 Å². The van der Waals surface area contributed by atoms with E-state index in [1.165, 1.54) is 6.42 Å². The van der Waals surface area contributed by atoms with Crippen LogP contribution in [0.2, 0.25) is 0 Å². The van der Waals surface area contributed by atoms with Crippen molar-refractivity contribution >= 4 is 23.5 Å². The molecule has 1 aromatic heterocycles. The molecule has 6 heteroatoms. The van der Waals surface area contributed by atoms with Crippen LogP contribution in [0.1, 0.15) is 58.7 Å². The van der Waals surface area contributed by atoms with Crippen LogP contribution in [0.4, 0.5) is 0 Å². The molecule has 0 aliphatic carbocycles. The number of ether oxygens (including phenoxy) is 1. The third-order valence-electron chi connectivity index (χ3n) is 5.93. The summed E-state index contributed by atoms with van der Waals surface area (Å²) in [6.07, 6.45) is 5.20. The highest BCUT2D eigenvalue weighted by atomic mass is 16.7. The van der Waals surface area contributed by atoms with E-state index in [9.17, 15) is 0 Å². The quantitative estimate of drug-likeness (QED) is 0.786. The number of hydrogen-bond acceptors (Lipinski definition) is 4. The van der Waals surface area contributed by atoms with Gasteiger partial charge in [-0.05, 0) is 59.4 Å². The number of fused-ring (bicyclic) bond motifs is 1. The summed E-state index contributed by atoms with van der Waals surface area (Å²) in [4.78, 5) is 0. The average molecular weight is 342 g/mol. The number of hydrogen-bond donors (Lipinski definition) is 0. The summed E-state index contributed by atoms with van der Waals surface area (Å²) >= 11 is 0. The van der Waals surface area contributed by atoms with Gasteiger partial charge >= 0.3 is 7.12 Å². The van der Waals surface area contributed by atoms with Crippen molar-refractivity contribution in [3.8, 4) is 0 Å². The van der Waals surface area contributed by atoms with Crippen molar-refractivity contribution in [1.29, 1.82) is 0 Å². The van der Waals surface area contributed by atoms with Gasteiger partial charge in [-0.3, -0.25) is 0 Å². The van der Waals surface area contributed by atoms with Crippen LogP contribution in [-0.4, -0.2) is 34.7 Å². The Kier molecular flexibility index (Phi) is 3.98. The highest BCUT2D eigenvalue weighted by Gasteiger charge is 2.52. The van der Waals surface area contributed by atoms with Crippen molar-refractivity contribution in [2.45, 2.75) is 71.3 Å². The molecular formula is C19H27BN2O3. The largest absolute Gasteiger partial charge is 0.497 e. The summed E-state index contributed by atoms with van der Waals surface area (Å²) < 4.78 is 20.7. The fourth-order valence-corrected chi connectivity index (χ4v) is 3.66. The number of benzene rings is 1. The maximum absolute atomic E-state index is 6.35. The van der Waals surface area contributed by atoms with E-state index in [2.05, 4.69) is 51.9 Å². The Morgan fingerprint density at radius 2 is 1.84 bits per heavy atom. The molecule has 3 heterocycles. The van der Waals surface area contributed by atoms with Gasteiger partial charge in [0.2, 0.25) is 0 Å². The van der Waals surface area contributed by atoms with E-state index in [-0.39, 0.29) is 17.4 Å². The van der Waals surface area contributed by atoms with Crippen LogP contribution in [-0.2, 0) is 14.0 Å². The molecule has 1 unspecified atom stereocenters. The van der Waals surface area contributed by atoms with Gasteiger partial charge in [-0.25, -0.2) is 4.68 Å². The van der Waals surface area contributed by atoms with Crippen LogP contribution in [0.25, 0.3) is 10.9 Å². The van der Waals surface area contributed by atoms with Crippen LogP contribution in [0.15, 0.2) is 18.3 Å². The molecule has 0 saturated carbocycles. The number of nitrogens with zero attached hydrogens (tertiary/aromatic N) is 2. The predicted molar refractivity (Wildman–Crippen MR) is 99.0 cm³/mol. The zero-order valence-electron chi connectivity index (χ0n) is 15.8. The van der Waals surface area contributed by atoms with E-state index in [4.69, 9.17) is 14.0 Å². The minimum atomic E-state index is -0.396. The lowest BCUT2D eigenvalue weighted by Crippen LogP contribution is -2.41. The van der Waals surface area contributed by atoms with Gasteiger partial charge in [0.15, 0.2) is 6.23 Å². The van der Waals surface area contributed by atoms with Crippen molar-refractivity contribution in [1.82, 2.24) is 9.78 Å². The predicted octanol–water partition coefficient (Wildman–Crippen LogP) is 3.34. The van der Waals surface area contributed by atoms with Crippen molar-refractivity contribution in [2.75, 3.05) is 6.61 Å². The Labute approximate surface area is 149 Å². The van der Waals surface area contributed by atoms with E-state index in [0.29, 0.717) is 0 Å². The Bertz CT molecular complexity index is 777. The molecule has 2 aliphatic heterocycles. The molecule has 0 bridgehead atoms. The Hall–Kier alpha value is -1.37. The van der Waals surface area contributed by atoms with Gasteiger partial charge < -0.3 is 14.0 Å². The number of aryl methyl sites for hydroxylation is 1. The molecule has 2 fully saturated rings. The summed E-state index contributed by atoms with van der Waals surface area (Å²) in [6.45, 7) is 11.3. The first-order chi connectivity index (χ1) is 11.8. The molecule has 4 rings (SSSR count). The second-order valence-electron chi connectivity index (χ2n) is 8.23. The molecule has 0 N–H and O–H groups in total. The van der Waals surface area contributed by atoms with E-state index in [1.54, 1.807) is 0 Å². The summed E-state index contributed by atoms with van der Waals surface area (Å²) in [5.41, 5.74) is 2.58. The SMILES string of the molecule is Cc1ccc2cnn(C3CCCCO3)c2c1B1OC(C)(C)C(C)(C)O1. The molecule has 134 valence electrons. The summed E-state index contributed by atoms with van der Waals surface area (Å²) in [6, 6.07) is 4.24. The average Bonchev–Trinajstić information content (AvgIpc) is 3.06. The second-order valence-corrected chi connectivity index (χ2v) is 8.23. The topological polar surface area (TPSA) is 45.5 Å². The van der Waals surface area contributed by atoms with Crippen molar-refractivity contribution < 1.29 is 14.0 Å². The van der Waals surface area contributed by atoms with Gasteiger partial charge in [0.25, 0.3) is 0 Å². The lowest BCUT2D eigenvalue weighted by molar-refractivity contribution is -0.0366. The Morgan fingerprint density at radius 1 is 1.12 bits per heavy atom. The zero-order valence-corrected chi connectivity index (χ0v) is 15.8. The third kappa shape index (κ3) is 2.71. The van der Waals surface area contributed by atoms with Crippen LogP contribution in [0.3, 0.4) is 0 Å². The van der Waals surface area contributed by atoms with Gasteiger partial charge in [0, 0.05) is 17.5 Å². The minimum Gasteiger partial charge on any atom is -0.399 e. The first-order valence-corrected chi connectivity index (χ1v) is 9.24. The Balaban J connectivity index is 1.83. The smallest absolute Gasteiger partial charge is 0.399 e. The third-order valence-corrected chi connectivity index (χ3v) is 5.93. The molecule has 2 aliphatic rings. The molecule has 2 saturated heterocycles. The Morgan fingerprint density at radius 3 is 2.48 bits per heavy atom. The lowest BCUT2D eigenvalue weighted by Gasteiger charge is -2.32. The van der Waals surface area contributed by atoms with Crippen molar-refractivity contribution in [3.05, 3.63) is 23.9 Å². The molecule has 1 aromatic carbocycles. The van der Waals surface area contributed by atoms with Crippen LogP contribution >= 0.6 is 0 Å². The lowest BCUT2D eigenvalue weighted by atomic mass is 9.75. The molecule has 0 amide bonds. The molecule has 25 heavy (non-hydrogen) atoms.